The lowest BCUT2D eigenvalue weighted by molar-refractivity contribution is -0.140. The molecule has 0 saturated heterocycles. The largest absolute Gasteiger partial charge is 0.416 e. The quantitative estimate of drug-likeness (QED) is 0.268. The Hall–Kier alpha value is -3.57. The molecule has 1 aliphatic carbocycles. The molecular weight excluding hydrogens is 615 g/mol. The lowest BCUT2D eigenvalue weighted by atomic mass is 9.94. The number of alkyl halides is 3. The highest BCUT2D eigenvalue weighted by Crippen LogP contribution is 2.32. The van der Waals surface area contributed by atoms with Crippen LogP contribution in [0.2, 0.25) is 5.02 Å². The van der Waals surface area contributed by atoms with Crippen molar-refractivity contribution in [2.24, 2.45) is 0 Å². The normalized spacial score (nSPS) is 14.9. The monoisotopic (exact) mass is 649 g/mol. The molecule has 1 aliphatic rings. The summed E-state index contributed by atoms with van der Waals surface area (Å²) in [6.45, 7) is -0.873. The first-order valence-corrected chi connectivity index (χ1v) is 16.6. The van der Waals surface area contributed by atoms with E-state index in [0.717, 1.165) is 56.1 Å². The third-order valence-corrected chi connectivity index (χ3v) is 9.02. The number of hydrogen-bond donors (Lipinski definition) is 1. The van der Waals surface area contributed by atoms with E-state index in [0.29, 0.717) is 21.0 Å². The van der Waals surface area contributed by atoms with Gasteiger partial charge in [0, 0.05) is 24.0 Å². The number of carbonyl (C=O) groups is 2. The van der Waals surface area contributed by atoms with Crippen LogP contribution in [0.15, 0.2) is 78.9 Å². The van der Waals surface area contributed by atoms with Crippen LogP contribution in [0.3, 0.4) is 0 Å². The molecule has 1 fully saturated rings. The van der Waals surface area contributed by atoms with Gasteiger partial charge in [0.05, 0.1) is 17.5 Å². The van der Waals surface area contributed by atoms with E-state index in [1.807, 2.05) is 30.3 Å². The smallest absolute Gasteiger partial charge is 0.352 e. The second-order valence-electron chi connectivity index (χ2n) is 11.0. The summed E-state index contributed by atoms with van der Waals surface area (Å²) in [6, 6.07) is 18.5. The predicted octanol–water partition coefficient (Wildman–Crippen LogP) is 6.21. The number of amides is 2. The van der Waals surface area contributed by atoms with Gasteiger partial charge in [-0.25, -0.2) is 8.42 Å². The topological polar surface area (TPSA) is 86.8 Å². The molecule has 1 saturated carbocycles. The van der Waals surface area contributed by atoms with Crippen molar-refractivity contribution in [3.8, 4) is 0 Å². The fourth-order valence-corrected chi connectivity index (χ4v) is 6.30. The van der Waals surface area contributed by atoms with E-state index in [1.54, 1.807) is 24.3 Å². The van der Waals surface area contributed by atoms with E-state index in [9.17, 15) is 31.2 Å². The highest BCUT2D eigenvalue weighted by molar-refractivity contribution is 7.92. The van der Waals surface area contributed by atoms with Crippen molar-refractivity contribution in [2.75, 3.05) is 17.1 Å². The Morgan fingerprint density at radius 2 is 1.59 bits per heavy atom. The zero-order chi connectivity index (χ0) is 31.9. The Bertz CT molecular complexity index is 1530. The van der Waals surface area contributed by atoms with Crippen LogP contribution in [0.1, 0.15) is 48.8 Å². The number of nitrogens with one attached hydrogen (secondary N) is 1. The number of carbonyl (C=O) groups excluding carboxylic acids is 2. The molecule has 0 heterocycles. The van der Waals surface area contributed by atoms with E-state index in [1.165, 1.54) is 11.0 Å². The lowest BCUT2D eigenvalue weighted by Crippen LogP contribution is -2.55. The van der Waals surface area contributed by atoms with Crippen molar-refractivity contribution < 1.29 is 31.2 Å². The zero-order valence-electron chi connectivity index (χ0n) is 24.3. The standard InChI is InChI=1S/C32H35ClF3N3O4S/c1-44(42,43)39(28-14-8-11-25(20-28)32(34,35)36)22-30(40)38(21-24-15-17-26(33)18-16-24)29(19-23-9-4-2-5-10-23)31(41)37-27-12-6-3-7-13-27/h2,4-5,8-11,14-18,20,27,29H,3,6-7,12-13,19,21-22H2,1H3,(H,37,41)/t29-/m0/s1. The van der Waals surface area contributed by atoms with Crippen LogP contribution in [0.25, 0.3) is 0 Å². The zero-order valence-corrected chi connectivity index (χ0v) is 25.8. The van der Waals surface area contributed by atoms with Crippen molar-refractivity contribution in [3.63, 3.8) is 0 Å². The van der Waals surface area contributed by atoms with Crippen molar-refractivity contribution in [2.45, 2.75) is 63.3 Å². The molecule has 0 radical (unpaired) electrons. The minimum absolute atomic E-state index is 0.0559. The number of anilines is 1. The molecule has 7 nitrogen and oxygen atoms in total. The minimum atomic E-state index is -4.72. The van der Waals surface area contributed by atoms with E-state index in [2.05, 4.69) is 5.32 Å². The van der Waals surface area contributed by atoms with Gasteiger partial charge in [-0.05, 0) is 54.3 Å². The fourth-order valence-electron chi connectivity index (χ4n) is 5.34. The van der Waals surface area contributed by atoms with Gasteiger partial charge in [0.2, 0.25) is 21.8 Å². The second kappa shape index (κ2) is 14.5. The molecule has 0 aliphatic heterocycles. The first kappa shape index (κ1) is 33.3. The van der Waals surface area contributed by atoms with Crippen LogP contribution in [0.5, 0.6) is 0 Å². The van der Waals surface area contributed by atoms with Gasteiger partial charge in [0.15, 0.2) is 0 Å². The Balaban J connectivity index is 1.73. The average molecular weight is 650 g/mol. The number of benzene rings is 3. The van der Waals surface area contributed by atoms with Crippen LogP contribution in [0, 0.1) is 0 Å². The molecule has 0 spiro atoms. The van der Waals surface area contributed by atoms with Crippen molar-refractivity contribution >= 4 is 39.1 Å². The summed E-state index contributed by atoms with van der Waals surface area (Å²) in [5.74, 6) is -1.13. The predicted molar refractivity (Wildman–Crippen MR) is 165 cm³/mol. The molecule has 44 heavy (non-hydrogen) atoms. The molecule has 12 heteroatoms. The molecule has 0 unspecified atom stereocenters. The van der Waals surface area contributed by atoms with E-state index in [-0.39, 0.29) is 30.6 Å². The molecule has 1 N–H and O–H groups in total. The van der Waals surface area contributed by atoms with Crippen LogP contribution in [-0.4, -0.2) is 50.0 Å². The first-order chi connectivity index (χ1) is 20.8. The summed E-state index contributed by atoms with van der Waals surface area (Å²) in [5, 5.41) is 3.57. The number of hydrogen-bond acceptors (Lipinski definition) is 4. The van der Waals surface area contributed by atoms with Crippen LogP contribution in [0.4, 0.5) is 18.9 Å². The van der Waals surface area contributed by atoms with Gasteiger partial charge < -0.3 is 10.2 Å². The molecule has 1 atom stereocenters. The van der Waals surface area contributed by atoms with Gasteiger partial charge >= 0.3 is 6.18 Å². The fraction of sp³-hybridized carbons (Fsp3) is 0.375. The molecule has 3 aromatic carbocycles. The maximum absolute atomic E-state index is 14.1. The summed E-state index contributed by atoms with van der Waals surface area (Å²) in [5.41, 5.74) is 0.0515. The second-order valence-corrected chi connectivity index (χ2v) is 13.4. The van der Waals surface area contributed by atoms with E-state index in [4.69, 9.17) is 11.6 Å². The molecule has 0 bridgehead atoms. The van der Waals surface area contributed by atoms with E-state index >= 15 is 0 Å². The van der Waals surface area contributed by atoms with Crippen molar-refractivity contribution in [1.82, 2.24) is 10.2 Å². The summed E-state index contributed by atoms with van der Waals surface area (Å²) in [4.78, 5) is 29.4. The van der Waals surface area contributed by atoms with Crippen LogP contribution in [-0.2, 0) is 38.8 Å². The van der Waals surface area contributed by atoms with Gasteiger partial charge in [0.25, 0.3) is 0 Å². The maximum atomic E-state index is 14.1. The molecule has 0 aromatic heterocycles. The third kappa shape index (κ3) is 9.22. The van der Waals surface area contributed by atoms with Gasteiger partial charge in [-0.15, -0.1) is 0 Å². The number of sulfonamides is 1. The number of halogens is 4. The molecule has 236 valence electrons. The SMILES string of the molecule is CS(=O)(=O)N(CC(=O)N(Cc1ccc(Cl)cc1)[C@@H](Cc1ccccc1)C(=O)NC1CCCCC1)c1cccc(C(F)(F)F)c1. The summed E-state index contributed by atoms with van der Waals surface area (Å²) >= 11 is 6.07. The van der Waals surface area contributed by atoms with Gasteiger partial charge in [0.1, 0.15) is 12.6 Å². The Morgan fingerprint density at radius 3 is 2.20 bits per heavy atom. The maximum Gasteiger partial charge on any atom is 0.416 e. The molecule has 4 rings (SSSR count). The highest BCUT2D eigenvalue weighted by atomic mass is 35.5. The Labute approximate surface area is 261 Å². The molecule has 3 aromatic rings. The van der Waals surface area contributed by atoms with Gasteiger partial charge in [-0.2, -0.15) is 13.2 Å². The Kier molecular flexibility index (Phi) is 11.0. The van der Waals surface area contributed by atoms with Gasteiger partial charge in [-0.1, -0.05) is 79.4 Å². The average Bonchev–Trinajstić information content (AvgIpc) is 2.98. The lowest BCUT2D eigenvalue weighted by Gasteiger charge is -2.35. The van der Waals surface area contributed by atoms with E-state index < -0.39 is 40.3 Å². The first-order valence-electron chi connectivity index (χ1n) is 14.3. The Morgan fingerprint density at radius 1 is 0.932 bits per heavy atom. The number of nitrogens with zero attached hydrogens (tertiary/aromatic N) is 2. The minimum Gasteiger partial charge on any atom is -0.352 e. The number of rotatable bonds is 11. The summed E-state index contributed by atoms with van der Waals surface area (Å²) in [7, 11) is -4.21. The summed E-state index contributed by atoms with van der Waals surface area (Å²) < 4.78 is 66.9. The van der Waals surface area contributed by atoms with Crippen molar-refractivity contribution in [3.05, 3.63) is 101 Å². The molecule has 2 amide bonds. The summed E-state index contributed by atoms with van der Waals surface area (Å²) in [6.07, 6.45) is 0.894. The van der Waals surface area contributed by atoms with Crippen LogP contribution < -0.4 is 9.62 Å². The van der Waals surface area contributed by atoms with Crippen LogP contribution >= 0.6 is 11.6 Å². The molecular formula is C32H35ClF3N3O4S. The van der Waals surface area contributed by atoms with Gasteiger partial charge in [-0.3, -0.25) is 13.9 Å². The highest BCUT2D eigenvalue weighted by Gasteiger charge is 2.35. The van der Waals surface area contributed by atoms with Crippen molar-refractivity contribution in [1.29, 1.82) is 0 Å². The third-order valence-electron chi connectivity index (χ3n) is 7.63.